The molecule has 15 heteroatoms. The lowest BCUT2D eigenvalue weighted by Crippen LogP contribution is -2.51. The zero-order chi connectivity index (χ0) is 27.4. The average Bonchev–Trinajstić information content (AvgIpc) is 2.83. The number of sulfonamides is 2. The van der Waals surface area contributed by atoms with Gasteiger partial charge < -0.3 is 0 Å². The van der Waals surface area contributed by atoms with Gasteiger partial charge in [-0.1, -0.05) is 35.3 Å². The van der Waals surface area contributed by atoms with E-state index in [1.807, 2.05) is 10.1 Å². The smallest absolute Gasteiger partial charge is 0.269 e. The van der Waals surface area contributed by atoms with Crippen LogP contribution in [0.4, 0.5) is 10.1 Å². The fourth-order valence-electron chi connectivity index (χ4n) is 2.89. The first-order chi connectivity index (χ1) is 17.3. The van der Waals surface area contributed by atoms with Crippen LogP contribution in [0.25, 0.3) is 0 Å². The lowest BCUT2D eigenvalue weighted by Gasteiger charge is -2.15. The van der Waals surface area contributed by atoms with Crippen molar-refractivity contribution in [1.29, 1.82) is 0 Å². The van der Waals surface area contributed by atoms with Crippen molar-refractivity contribution >= 4 is 60.8 Å². The molecule has 1 unspecified atom stereocenters. The van der Waals surface area contributed by atoms with Crippen molar-refractivity contribution in [3.63, 3.8) is 0 Å². The summed E-state index contributed by atoms with van der Waals surface area (Å²) in [5.41, 5.74) is 4.09. The van der Waals surface area contributed by atoms with Crippen LogP contribution in [0.1, 0.15) is 17.3 Å². The maximum absolute atomic E-state index is 13.8. The number of nitrogens with one attached hydrogen (secondary N) is 4. The van der Waals surface area contributed by atoms with Gasteiger partial charge in [0.25, 0.3) is 21.8 Å². The Hall–Kier alpha value is -3.23. The van der Waals surface area contributed by atoms with E-state index in [2.05, 4.69) is 10.1 Å². The maximum atomic E-state index is 13.8. The molecule has 0 aliphatic heterocycles. The average molecular weight is 589 g/mol. The highest BCUT2D eigenvalue weighted by Crippen LogP contribution is 2.25. The van der Waals surface area contributed by atoms with Gasteiger partial charge in [-0.3, -0.25) is 25.2 Å². The Morgan fingerprint density at radius 3 is 2.14 bits per heavy atom. The van der Waals surface area contributed by atoms with Gasteiger partial charge in [-0.15, -0.1) is 0 Å². The van der Waals surface area contributed by atoms with E-state index in [9.17, 15) is 30.8 Å². The van der Waals surface area contributed by atoms with Gasteiger partial charge in [-0.2, -0.15) is 4.72 Å². The summed E-state index contributed by atoms with van der Waals surface area (Å²) in [5.74, 6) is -2.90. The van der Waals surface area contributed by atoms with Crippen LogP contribution in [0.3, 0.4) is 0 Å². The minimum absolute atomic E-state index is 0.168. The first-order valence-electron chi connectivity index (χ1n) is 10.2. The Balaban J connectivity index is 1.68. The Bertz CT molecular complexity index is 1550. The number of carbonyl (C=O) groups excluding carboxylic acids is 2. The monoisotopic (exact) mass is 588 g/mol. The third-order valence-electron chi connectivity index (χ3n) is 4.73. The van der Waals surface area contributed by atoms with Gasteiger partial charge >= 0.3 is 0 Å². The topological polar surface area (TPSA) is 151 Å². The normalized spacial score (nSPS) is 12.4. The van der Waals surface area contributed by atoms with Crippen LogP contribution in [-0.2, 0) is 24.8 Å². The minimum atomic E-state index is -4.38. The second kappa shape index (κ2) is 11.4. The second-order valence-corrected chi connectivity index (χ2v) is 11.7. The molecule has 3 aromatic carbocycles. The van der Waals surface area contributed by atoms with Crippen molar-refractivity contribution in [2.24, 2.45) is 0 Å². The van der Waals surface area contributed by atoms with Gasteiger partial charge in [0, 0.05) is 16.3 Å². The zero-order valence-corrected chi connectivity index (χ0v) is 22.0. The van der Waals surface area contributed by atoms with Crippen LogP contribution in [0.15, 0.2) is 76.5 Å². The molecule has 0 bridgehead atoms. The summed E-state index contributed by atoms with van der Waals surface area (Å²) in [6.07, 6.45) is 0. The Morgan fingerprint density at radius 2 is 1.49 bits per heavy atom. The Labute approximate surface area is 222 Å². The van der Waals surface area contributed by atoms with Gasteiger partial charge in [0.05, 0.1) is 11.1 Å². The van der Waals surface area contributed by atoms with E-state index in [1.54, 1.807) is 0 Å². The Kier molecular flexibility index (Phi) is 8.76. The van der Waals surface area contributed by atoms with Crippen LogP contribution in [0.5, 0.6) is 0 Å². The maximum Gasteiger partial charge on any atom is 0.269 e. The predicted octanol–water partition coefficient (Wildman–Crippen LogP) is 3.06. The molecule has 4 N–H and O–H groups in total. The lowest BCUT2D eigenvalue weighted by molar-refractivity contribution is -0.123. The molecule has 3 rings (SSSR count). The number of hydrazine groups is 1. The summed E-state index contributed by atoms with van der Waals surface area (Å²) in [6.45, 7) is 1.18. The highest BCUT2D eigenvalue weighted by molar-refractivity contribution is 7.92. The first kappa shape index (κ1) is 28.3. The largest absolute Gasteiger partial charge is 0.280 e. The number of carbonyl (C=O) groups is 2. The number of rotatable bonds is 8. The molecule has 0 aliphatic carbocycles. The van der Waals surface area contributed by atoms with E-state index in [1.165, 1.54) is 55.5 Å². The molecule has 0 saturated heterocycles. The zero-order valence-electron chi connectivity index (χ0n) is 18.8. The fraction of sp³-hybridized carbons (Fsp3) is 0.0909. The second-order valence-electron chi connectivity index (χ2n) is 7.47. The molecular formula is C22H19Cl2FN4O6S2. The summed E-state index contributed by atoms with van der Waals surface area (Å²) in [6, 6.07) is 12.4. The third-order valence-corrected chi connectivity index (χ3v) is 8.42. The van der Waals surface area contributed by atoms with E-state index in [0.717, 1.165) is 18.2 Å². The molecule has 10 nitrogen and oxygen atoms in total. The van der Waals surface area contributed by atoms with Crippen LogP contribution in [-0.4, -0.2) is 34.7 Å². The third kappa shape index (κ3) is 7.17. The molecule has 0 spiro atoms. The van der Waals surface area contributed by atoms with Gasteiger partial charge in [0.2, 0.25) is 10.0 Å². The molecule has 0 fully saturated rings. The number of amides is 2. The molecule has 0 heterocycles. The molecule has 1 atom stereocenters. The predicted molar refractivity (Wildman–Crippen MR) is 136 cm³/mol. The van der Waals surface area contributed by atoms with E-state index in [0.29, 0.717) is 5.02 Å². The van der Waals surface area contributed by atoms with Crippen molar-refractivity contribution in [2.75, 3.05) is 4.72 Å². The van der Waals surface area contributed by atoms with Gasteiger partial charge in [0.1, 0.15) is 15.6 Å². The van der Waals surface area contributed by atoms with Gasteiger partial charge in [0.15, 0.2) is 0 Å². The molecular weight excluding hydrogens is 570 g/mol. The van der Waals surface area contributed by atoms with Gasteiger partial charge in [-0.05, 0) is 61.5 Å². The molecule has 0 radical (unpaired) electrons. The lowest BCUT2D eigenvalue weighted by atomic mass is 10.2. The van der Waals surface area contributed by atoms with Crippen molar-refractivity contribution in [3.05, 3.63) is 88.2 Å². The van der Waals surface area contributed by atoms with Crippen molar-refractivity contribution < 1.29 is 30.8 Å². The molecule has 37 heavy (non-hydrogen) atoms. The fourth-order valence-corrected chi connectivity index (χ4v) is 5.88. The SMILES string of the molecule is CC(NS(=O)(=O)c1ccccc1F)C(=O)NNC(=O)c1ccc(Cl)c(S(=O)(=O)Nc2ccc(Cl)cc2)c1. The standard InChI is InChI=1S/C22H19Cl2FN4O6S2/c1-13(28-36(32,33)19-5-3-2-4-18(19)25)21(30)26-27-22(31)14-6-11-17(24)20(12-14)37(34,35)29-16-9-7-15(23)8-10-16/h2-13,28-29H,1H3,(H,26,30)(H,27,31). The summed E-state index contributed by atoms with van der Waals surface area (Å²) >= 11 is 11.8. The van der Waals surface area contributed by atoms with E-state index < -0.39 is 53.5 Å². The van der Waals surface area contributed by atoms with Crippen molar-refractivity contribution in [3.8, 4) is 0 Å². The summed E-state index contributed by atoms with van der Waals surface area (Å²) in [7, 11) is -8.58. The molecule has 0 aromatic heterocycles. The number of hydrogen-bond acceptors (Lipinski definition) is 6. The number of hydrogen-bond donors (Lipinski definition) is 4. The summed E-state index contributed by atoms with van der Waals surface area (Å²) in [5, 5.41) is 0.231. The molecule has 196 valence electrons. The van der Waals surface area contributed by atoms with Crippen LogP contribution in [0.2, 0.25) is 10.0 Å². The van der Waals surface area contributed by atoms with Crippen LogP contribution >= 0.6 is 23.2 Å². The Morgan fingerprint density at radius 1 is 0.838 bits per heavy atom. The number of halogens is 3. The number of anilines is 1. The highest BCUT2D eigenvalue weighted by atomic mass is 35.5. The van der Waals surface area contributed by atoms with Gasteiger partial charge in [-0.25, -0.2) is 21.2 Å². The molecule has 3 aromatic rings. The summed E-state index contributed by atoms with van der Waals surface area (Å²) < 4.78 is 68.4. The summed E-state index contributed by atoms with van der Waals surface area (Å²) in [4.78, 5) is 23.8. The quantitative estimate of drug-likeness (QED) is 0.297. The number of benzene rings is 3. The van der Waals surface area contributed by atoms with Crippen LogP contribution in [0, 0.1) is 5.82 Å². The molecule has 0 aliphatic rings. The van der Waals surface area contributed by atoms with E-state index in [4.69, 9.17) is 23.2 Å². The highest BCUT2D eigenvalue weighted by Gasteiger charge is 2.25. The minimum Gasteiger partial charge on any atom is -0.280 e. The van der Waals surface area contributed by atoms with E-state index in [-0.39, 0.29) is 16.3 Å². The van der Waals surface area contributed by atoms with Crippen molar-refractivity contribution in [1.82, 2.24) is 15.6 Å². The van der Waals surface area contributed by atoms with Crippen molar-refractivity contribution in [2.45, 2.75) is 22.8 Å². The molecule has 0 saturated carbocycles. The van der Waals surface area contributed by atoms with Crippen LogP contribution < -0.4 is 20.3 Å². The molecule has 2 amide bonds. The first-order valence-corrected chi connectivity index (χ1v) is 14.0. The van der Waals surface area contributed by atoms with E-state index >= 15 is 0 Å².